The van der Waals surface area contributed by atoms with Crippen molar-refractivity contribution in [3.63, 3.8) is 0 Å². The number of amides is 1. The molecule has 2 N–H and O–H groups in total. The van der Waals surface area contributed by atoms with Crippen LogP contribution >= 0.6 is 34.7 Å². The molecule has 4 rings (SSSR count). The fourth-order valence-electron chi connectivity index (χ4n) is 2.79. The molecule has 1 aromatic heterocycles. The highest BCUT2D eigenvalue weighted by molar-refractivity contribution is 7.92. The number of nitrogens with one attached hydrogen (secondary N) is 2. The van der Waals surface area contributed by atoms with Crippen LogP contribution in [0.4, 0.5) is 11.4 Å². The molecule has 32 heavy (non-hydrogen) atoms. The summed E-state index contributed by atoms with van der Waals surface area (Å²) >= 11 is 13.4. The lowest BCUT2D eigenvalue weighted by molar-refractivity contribution is -0.118. The van der Waals surface area contributed by atoms with Crippen molar-refractivity contribution in [1.82, 2.24) is 4.37 Å². The Balaban J connectivity index is 1.39. The number of benzene rings is 3. The van der Waals surface area contributed by atoms with E-state index in [0.29, 0.717) is 16.4 Å². The second-order valence-corrected chi connectivity index (χ2v) is 9.98. The molecule has 0 aliphatic carbocycles. The number of hydrogen-bond acceptors (Lipinski definition) is 6. The lowest BCUT2D eigenvalue weighted by Crippen LogP contribution is -2.20. The minimum absolute atomic E-state index is 0.0491. The standard InChI is InChI=1S/C21H15Cl2N3O4S2/c22-14-1-3-15(4-2-14)26-32(28,29)17-6-7-19(18(23)10-17)30-12-21(27)25-16-5-8-20-13(9-16)11-24-31-20/h1-11,26H,12H2,(H,25,27). The van der Waals surface area contributed by atoms with Crippen molar-refractivity contribution in [3.05, 3.63) is 76.9 Å². The molecule has 0 radical (unpaired) electrons. The summed E-state index contributed by atoms with van der Waals surface area (Å²) in [6.45, 7) is -0.297. The first-order valence-corrected chi connectivity index (χ1v) is 12.2. The number of fused-ring (bicyclic) bond motifs is 1. The van der Waals surface area contributed by atoms with Gasteiger partial charge in [-0.1, -0.05) is 23.2 Å². The molecule has 0 unspecified atom stereocenters. The molecule has 1 heterocycles. The van der Waals surface area contributed by atoms with Gasteiger partial charge in [-0.15, -0.1) is 0 Å². The predicted octanol–water partition coefficient (Wildman–Crippen LogP) is 5.42. The first-order valence-electron chi connectivity index (χ1n) is 9.15. The van der Waals surface area contributed by atoms with E-state index in [1.807, 2.05) is 12.1 Å². The van der Waals surface area contributed by atoms with Crippen LogP contribution in [0.2, 0.25) is 10.0 Å². The maximum Gasteiger partial charge on any atom is 0.262 e. The van der Waals surface area contributed by atoms with E-state index in [9.17, 15) is 13.2 Å². The number of hydrogen-bond donors (Lipinski definition) is 2. The van der Waals surface area contributed by atoms with E-state index in [1.54, 1.807) is 36.5 Å². The van der Waals surface area contributed by atoms with E-state index >= 15 is 0 Å². The zero-order valence-electron chi connectivity index (χ0n) is 16.2. The smallest absolute Gasteiger partial charge is 0.262 e. The molecule has 7 nitrogen and oxygen atoms in total. The van der Waals surface area contributed by atoms with Crippen molar-refractivity contribution in [2.24, 2.45) is 0 Å². The fraction of sp³-hybridized carbons (Fsp3) is 0.0476. The molecule has 1 amide bonds. The van der Waals surface area contributed by atoms with Gasteiger partial charge in [0.25, 0.3) is 15.9 Å². The Morgan fingerprint density at radius 3 is 2.50 bits per heavy atom. The number of nitrogens with zero attached hydrogens (tertiary/aromatic N) is 1. The average molecular weight is 508 g/mol. The number of halogens is 2. The SMILES string of the molecule is O=C(COc1ccc(S(=O)(=O)Nc2ccc(Cl)cc2)cc1Cl)Nc1ccc2sncc2c1. The molecule has 3 aromatic carbocycles. The molecule has 164 valence electrons. The summed E-state index contributed by atoms with van der Waals surface area (Å²) in [4.78, 5) is 12.2. The molecule has 0 saturated heterocycles. The number of ether oxygens (including phenoxy) is 1. The van der Waals surface area contributed by atoms with Gasteiger partial charge < -0.3 is 10.1 Å². The largest absolute Gasteiger partial charge is 0.482 e. The zero-order valence-corrected chi connectivity index (χ0v) is 19.4. The van der Waals surface area contributed by atoms with Crippen LogP contribution in [0.1, 0.15) is 0 Å². The topological polar surface area (TPSA) is 97.4 Å². The Bertz CT molecular complexity index is 1390. The maximum absolute atomic E-state index is 12.6. The Kier molecular flexibility index (Phi) is 6.52. The van der Waals surface area contributed by atoms with Crippen LogP contribution in [0.25, 0.3) is 10.1 Å². The van der Waals surface area contributed by atoms with E-state index in [4.69, 9.17) is 27.9 Å². The second kappa shape index (κ2) is 9.33. The normalized spacial score (nSPS) is 11.3. The highest BCUT2D eigenvalue weighted by Gasteiger charge is 2.17. The van der Waals surface area contributed by atoms with Gasteiger partial charge in [0.1, 0.15) is 5.75 Å². The molecule has 11 heteroatoms. The molecule has 0 bridgehead atoms. The number of aromatic nitrogens is 1. The van der Waals surface area contributed by atoms with Crippen molar-refractivity contribution < 1.29 is 17.9 Å². The van der Waals surface area contributed by atoms with Crippen LogP contribution < -0.4 is 14.8 Å². The second-order valence-electron chi connectivity index (χ2n) is 6.62. The lowest BCUT2D eigenvalue weighted by atomic mass is 10.2. The lowest BCUT2D eigenvalue weighted by Gasteiger charge is -2.12. The van der Waals surface area contributed by atoms with Crippen molar-refractivity contribution in [3.8, 4) is 5.75 Å². The minimum Gasteiger partial charge on any atom is -0.482 e. The number of sulfonamides is 1. The van der Waals surface area contributed by atoms with Crippen molar-refractivity contribution >= 4 is 72.1 Å². The number of rotatable bonds is 7. The molecule has 0 aliphatic rings. The summed E-state index contributed by atoms with van der Waals surface area (Å²) in [7, 11) is -3.87. The van der Waals surface area contributed by atoms with Crippen LogP contribution in [0.5, 0.6) is 5.75 Å². The Hall–Kier alpha value is -2.85. The quantitative estimate of drug-likeness (QED) is 0.348. The van der Waals surface area contributed by atoms with Crippen LogP contribution in [0.15, 0.2) is 71.8 Å². The molecular weight excluding hydrogens is 493 g/mol. The van der Waals surface area contributed by atoms with Crippen LogP contribution in [0.3, 0.4) is 0 Å². The van der Waals surface area contributed by atoms with Gasteiger partial charge in [-0.3, -0.25) is 9.52 Å². The first kappa shape index (κ1) is 22.3. The third-order valence-corrected chi connectivity index (χ3v) is 7.01. The Labute approximate surface area is 198 Å². The maximum atomic E-state index is 12.6. The summed E-state index contributed by atoms with van der Waals surface area (Å²) in [5, 5.41) is 4.22. The van der Waals surface area contributed by atoms with Gasteiger partial charge in [0.05, 0.1) is 14.6 Å². The zero-order chi connectivity index (χ0) is 22.7. The van der Waals surface area contributed by atoms with Crippen molar-refractivity contribution in [2.75, 3.05) is 16.6 Å². The van der Waals surface area contributed by atoms with E-state index in [2.05, 4.69) is 14.4 Å². The minimum atomic E-state index is -3.87. The molecular formula is C21H15Cl2N3O4S2. The van der Waals surface area contributed by atoms with Gasteiger partial charge in [0.2, 0.25) is 0 Å². The van der Waals surface area contributed by atoms with Gasteiger partial charge in [-0.2, -0.15) is 4.37 Å². The molecule has 0 spiro atoms. The summed E-state index contributed by atoms with van der Waals surface area (Å²) < 4.78 is 38.2. The first-order chi connectivity index (χ1) is 15.3. The summed E-state index contributed by atoms with van der Waals surface area (Å²) in [5.41, 5.74) is 0.978. The average Bonchev–Trinajstić information content (AvgIpc) is 3.22. The van der Waals surface area contributed by atoms with E-state index in [0.717, 1.165) is 10.1 Å². The summed E-state index contributed by atoms with van der Waals surface area (Å²) in [5.74, 6) is -0.200. The fourth-order valence-corrected chi connectivity index (χ4v) is 4.92. The molecule has 0 aliphatic heterocycles. The highest BCUT2D eigenvalue weighted by Crippen LogP contribution is 2.29. The Morgan fingerprint density at radius 1 is 1.00 bits per heavy atom. The summed E-state index contributed by atoms with van der Waals surface area (Å²) in [6, 6.07) is 15.7. The van der Waals surface area contributed by atoms with E-state index in [-0.39, 0.29) is 28.2 Å². The summed E-state index contributed by atoms with van der Waals surface area (Å²) in [6.07, 6.45) is 1.73. The molecule has 0 atom stereocenters. The number of anilines is 2. The van der Waals surface area contributed by atoms with E-state index in [1.165, 1.54) is 29.7 Å². The van der Waals surface area contributed by atoms with Crippen LogP contribution in [-0.4, -0.2) is 25.3 Å². The predicted molar refractivity (Wildman–Crippen MR) is 127 cm³/mol. The van der Waals surface area contributed by atoms with Gasteiger partial charge >= 0.3 is 0 Å². The van der Waals surface area contributed by atoms with Gasteiger partial charge in [0, 0.05) is 28.0 Å². The van der Waals surface area contributed by atoms with Gasteiger partial charge in [-0.25, -0.2) is 8.42 Å². The number of carbonyl (C=O) groups excluding carboxylic acids is 1. The van der Waals surface area contributed by atoms with Gasteiger partial charge in [0.15, 0.2) is 6.61 Å². The third kappa shape index (κ3) is 5.31. The van der Waals surface area contributed by atoms with Crippen LogP contribution in [-0.2, 0) is 14.8 Å². The number of carbonyl (C=O) groups is 1. The molecule has 4 aromatic rings. The van der Waals surface area contributed by atoms with Crippen molar-refractivity contribution in [2.45, 2.75) is 4.90 Å². The van der Waals surface area contributed by atoms with Gasteiger partial charge in [-0.05, 0) is 72.2 Å². The highest BCUT2D eigenvalue weighted by atomic mass is 35.5. The van der Waals surface area contributed by atoms with E-state index < -0.39 is 10.0 Å². The molecule has 0 fully saturated rings. The monoisotopic (exact) mass is 507 g/mol. The Morgan fingerprint density at radius 2 is 1.75 bits per heavy atom. The third-order valence-electron chi connectivity index (χ3n) is 4.31. The molecule has 0 saturated carbocycles. The van der Waals surface area contributed by atoms with Crippen LogP contribution in [0, 0.1) is 0 Å². The van der Waals surface area contributed by atoms with Crippen molar-refractivity contribution in [1.29, 1.82) is 0 Å².